The number of thiazole rings is 1. The van der Waals surface area contributed by atoms with Crippen molar-refractivity contribution < 1.29 is 19.0 Å². The largest absolute Gasteiger partial charge is 0.493 e. The molecule has 3 aromatic rings. The lowest BCUT2D eigenvalue weighted by Gasteiger charge is -2.26. The first kappa shape index (κ1) is 27.3. The number of aromatic nitrogens is 1. The molecule has 1 aromatic heterocycles. The van der Waals surface area contributed by atoms with Gasteiger partial charge in [0.05, 0.1) is 29.0 Å². The van der Waals surface area contributed by atoms with E-state index in [-0.39, 0.29) is 18.8 Å². The van der Waals surface area contributed by atoms with Gasteiger partial charge < -0.3 is 19.1 Å². The SMILES string of the molecule is CCCOc1ccccc1[C@H]1C(C(=O)OCCOC)=C(C)N=c2s/c(=C/c3ccc(N(C)C)cc3)c(=O)n21. The van der Waals surface area contributed by atoms with E-state index >= 15 is 0 Å². The van der Waals surface area contributed by atoms with E-state index < -0.39 is 12.0 Å². The Morgan fingerprint density at radius 3 is 2.53 bits per heavy atom. The van der Waals surface area contributed by atoms with Crippen LogP contribution in [-0.4, -0.2) is 51.6 Å². The maximum absolute atomic E-state index is 13.9. The second kappa shape index (κ2) is 12.2. The zero-order valence-electron chi connectivity index (χ0n) is 22.4. The van der Waals surface area contributed by atoms with E-state index in [2.05, 4.69) is 4.99 Å². The minimum absolute atomic E-state index is 0.0974. The van der Waals surface area contributed by atoms with Crippen molar-refractivity contribution in [2.45, 2.75) is 26.3 Å². The number of carbonyl (C=O) groups is 1. The fraction of sp³-hybridized carbons (Fsp3) is 0.345. The van der Waals surface area contributed by atoms with Gasteiger partial charge in [-0.05, 0) is 43.2 Å². The number of nitrogens with zero attached hydrogens (tertiary/aromatic N) is 3. The Bertz CT molecular complexity index is 1500. The van der Waals surface area contributed by atoms with Crippen LogP contribution in [-0.2, 0) is 14.3 Å². The Morgan fingerprint density at radius 2 is 1.84 bits per heavy atom. The van der Waals surface area contributed by atoms with Gasteiger partial charge in [0.1, 0.15) is 18.4 Å². The van der Waals surface area contributed by atoms with E-state index in [1.165, 1.54) is 11.3 Å². The van der Waals surface area contributed by atoms with E-state index in [0.717, 1.165) is 17.7 Å². The molecule has 0 spiro atoms. The van der Waals surface area contributed by atoms with Crippen molar-refractivity contribution in [2.24, 2.45) is 4.99 Å². The van der Waals surface area contributed by atoms with Crippen molar-refractivity contribution in [3.05, 3.63) is 90.6 Å². The molecule has 0 fully saturated rings. The molecule has 38 heavy (non-hydrogen) atoms. The molecule has 0 saturated carbocycles. The summed E-state index contributed by atoms with van der Waals surface area (Å²) in [5.41, 5.74) is 3.26. The monoisotopic (exact) mass is 535 g/mol. The Balaban J connectivity index is 1.88. The van der Waals surface area contributed by atoms with Gasteiger partial charge in [-0.25, -0.2) is 9.79 Å². The van der Waals surface area contributed by atoms with Crippen LogP contribution >= 0.6 is 11.3 Å². The van der Waals surface area contributed by atoms with Crippen LogP contribution in [0.2, 0.25) is 0 Å². The molecule has 0 amide bonds. The highest BCUT2D eigenvalue weighted by atomic mass is 32.1. The van der Waals surface area contributed by atoms with E-state index in [4.69, 9.17) is 14.2 Å². The lowest BCUT2D eigenvalue weighted by atomic mass is 9.95. The summed E-state index contributed by atoms with van der Waals surface area (Å²) in [5, 5.41) is 0. The summed E-state index contributed by atoms with van der Waals surface area (Å²) in [7, 11) is 5.51. The Labute approximate surface area is 226 Å². The highest BCUT2D eigenvalue weighted by molar-refractivity contribution is 7.07. The number of allylic oxidation sites excluding steroid dienone is 1. The van der Waals surface area contributed by atoms with Gasteiger partial charge in [-0.3, -0.25) is 9.36 Å². The van der Waals surface area contributed by atoms with Gasteiger partial charge in [0.2, 0.25) is 0 Å². The summed E-state index contributed by atoms with van der Waals surface area (Å²) in [4.78, 5) is 34.4. The third-order valence-corrected chi connectivity index (χ3v) is 7.13. The van der Waals surface area contributed by atoms with E-state index in [0.29, 0.717) is 38.5 Å². The van der Waals surface area contributed by atoms with Gasteiger partial charge in [-0.2, -0.15) is 0 Å². The number of ether oxygens (including phenoxy) is 3. The van der Waals surface area contributed by atoms with E-state index in [1.54, 1.807) is 18.6 Å². The number of rotatable bonds is 10. The summed E-state index contributed by atoms with van der Waals surface area (Å²) in [5.74, 6) is 0.0808. The number of carbonyl (C=O) groups excluding carboxylic acids is 1. The second-order valence-corrected chi connectivity index (χ2v) is 10.1. The van der Waals surface area contributed by atoms with Crippen LogP contribution < -0.4 is 24.5 Å². The van der Waals surface area contributed by atoms with E-state index in [1.807, 2.05) is 80.5 Å². The van der Waals surface area contributed by atoms with Crippen LogP contribution in [0.3, 0.4) is 0 Å². The summed E-state index contributed by atoms with van der Waals surface area (Å²) in [6.07, 6.45) is 2.68. The molecule has 1 aliphatic heterocycles. The molecule has 0 aliphatic carbocycles. The quantitative estimate of drug-likeness (QED) is 0.293. The zero-order valence-corrected chi connectivity index (χ0v) is 23.2. The van der Waals surface area contributed by atoms with Crippen molar-refractivity contribution in [1.29, 1.82) is 0 Å². The second-order valence-electron chi connectivity index (χ2n) is 9.08. The highest BCUT2D eigenvalue weighted by Gasteiger charge is 2.35. The number of benzene rings is 2. The molecule has 0 N–H and O–H groups in total. The highest BCUT2D eigenvalue weighted by Crippen LogP contribution is 2.35. The smallest absolute Gasteiger partial charge is 0.338 e. The Hall–Kier alpha value is -3.69. The molecule has 200 valence electrons. The third kappa shape index (κ3) is 5.74. The van der Waals surface area contributed by atoms with Gasteiger partial charge in [0.15, 0.2) is 4.80 Å². The van der Waals surface area contributed by atoms with Crippen molar-refractivity contribution in [3.8, 4) is 5.75 Å². The Morgan fingerprint density at radius 1 is 1.11 bits per heavy atom. The molecule has 8 nitrogen and oxygen atoms in total. The van der Waals surface area contributed by atoms with Crippen molar-refractivity contribution >= 4 is 29.1 Å². The topological polar surface area (TPSA) is 82.4 Å². The molecule has 1 aliphatic rings. The number of esters is 1. The first-order valence-electron chi connectivity index (χ1n) is 12.5. The van der Waals surface area contributed by atoms with Crippen LogP contribution in [0.15, 0.2) is 69.6 Å². The third-order valence-electron chi connectivity index (χ3n) is 6.14. The van der Waals surface area contributed by atoms with Crippen molar-refractivity contribution in [1.82, 2.24) is 4.57 Å². The summed E-state index contributed by atoms with van der Waals surface area (Å²) < 4.78 is 18.7. The van der Waals surface area contributed by atoms with Crippen LogP contribution in [0.4, 0.5) is 5.69 Å². The standard InChI is InChI=1S/C29H33N3O5S/c1-6-15-36-23-10-8-7-9-22(23)26-25(28(34)37-17-16-35-5)19(2)30-29-32(26)27(33)24(38-29)18-20-11-13-21(14-12-20)31(3)4/h7-14,18,26H,6,15-17H2,1-5H3/b24-18+/t26-/m0/s1. The molecule has 1 atom stereocenters. The minimum Gasteiger partial charge on any atom is -0.493 e. The molecule has 0 radical (unpaired) electrons. The number of hydrogen-bond acceptors (Lipinski definition) is 8. The number of para-hydroxylation sites is 1. The predicted octanol–water partition coefficient (Wildman–Crippen LogP) is 3.28. The normalized spacial score (nSPS) is 15.2. The molecule has 4 rings (SSSR count). The molecular weight excluding hydrogens is 502 g/mol. The average Bonchev–Trinajstić information content (AvgIpc) is 3.21. The number of anilines is 1. The van der Waals surface area contributed by atoms with Crippen LogP contribution in [0.5, 0.6) is 5.75 Å². The maximum atomic E-state index is 13.9. The minimum atomic E-state index is -0.743. The van der Waals surface area contributed by atoms with Crippen molar-refractivity contribution in [3.63, 3.8) is 0 Å². The fourth-order valence-electron chi connectivity index (χ4n) is 4.24. The van der Waals surface area contributed by atoms with E-state index in [9.17, 15) is 9.59 Å². The van der Waals surface area contributed by atoms with Gasteiger partial charge >= 0.3 is 5.97 Å². The van der Waals surface area contributed by atoms with Crippen LogP contribution in [0, 0.1) is 0 Å². The fourth-order valence-corrected chi connectivity index (χ4v) is 5.29. The molecule has 0 saturated heterocycles. The lowest BCUT2D eigenvalue weighted by Crippen LogP contribution is -2.40. The number of hydrogen-bond donors (Lipinski definition) is 0. The first-order chi connectivity index (χ1) is 18.3. The molecule has 0 unspecified atom stereocenters. The molecule has 0 bridgehead atoms. The van der Waals surface area contributed by atoms with Gasteiger partial charge in [-0.1, -0.05) is 48.6 Å². The number of methoxy groups -OCH3 is 1. The molecule has 2 aromatic carbocycles. The first-order valence-corrected chi connectivity index (χ1v) is 13.3. The predicted molar refractivity (Wildman–Crippen MR) is 150 cm³/mol. The molecule has 2 heterocycles. The summed E-state index contributed by atoms with van der Waals surface area (Å²) >= 11 is 1.30. The van der Waals surface area contributed by atoms with Gasteiger partial charge in [0.25, 0.3) is 5.56 Å². The number of fused-ring (bicyclic) bond motifs is 1. The van der Waals surface area contributed by atoms with Crippen LogP contribution in [0.1, 0.15) is 37.4 Å². The molecule has 9 heteroatoms. The summed E-state index contributed by atoms with van der Waals surface area (Å²) in [6.45, 7) is 4.68. The van der Waals surface area contributed by atoms with Crippen molar-refractivity contribution in [2.75, 3.05) is 45.9 Å². The zero-order chi connectivity index (χ0) is 27.2. The maximum Gasteiger partial charge on any atom is 0.338 e. The van der Waals surface area contributed by atoms with Crippen LogP contribution in [0.25, 0.3) is 6.08 Å². The summed E-state index contributed by atoms with van der Waals surface area (Å²) in [6, 6.07) is 14.7. The Kier molecular flexibility index (Phi) is 8.81. The molecular formula is C29H33N3O5S. The van der Waals surface area contributed by atoms with Gasteiger partial charge in [0, 0.05) is 32.5 Å². The lowest BCUT2D eigenvalue weighted by molar-refractivity contribution is -0.140. The van der Waals surface area contributed by atoms with Gasteiger partial charge in [-0.15, -0.1) is 0 Å². The average molecular weight is 536 g/mol.